The van der Waals surface area contributed by atoms with Crippen LogP contribution in [0.2, 0.25) is 0 Å². The highest BCUT2D eigenvalue weighted by Crippen LogP contribution is 2.50. The van der Waals surface area contributed by atoms with Gasteiger partial charge >= 0.3 is 5.92 Å². The Kier molecular flexibility index (Phi) is 4.32. The summed E-state index contributed by atoms with van der Waals surface area (Å²) in [5, 5.41) is 27.7. The van der Waals surface area contributed by atoms with E-state index in [1.54, 1.807) is 6.07 Å². The molecule has 0 aromatic rings. The van der Waals surface area contributed by atoms with Crippen molar-refractivity contribution in [1.82, 2.24) is 4.90 Å². The lowest BCUT2D eigenvalue weighted by atomic mass is 9.75. The average Bonchev–Trinajstić information content (AvgIpc) is 2.99. The number of hydrogen-bond donors (Lipinski definition) is 1. The molecule has 0 spiro atoms. The van der Waals surface area contributed by atoms with Crippen molar-refractivity contribution < 1.29 is 27.1 Å². The van der Waals surface area contributed by atoms with E-state index in [1.165, 1.54) is 11.0 Å². The number of alkyl halides is 4. The number of allylic oxidation sites excluding steroid dienone is 2. The maximum atomic E-state index is 14.0. The van der Waals surface area contributed by atoms with Gasteiger partial charge in [0, 0.05) is 36.6 Å². The first kappa shape index (κ1) is 18.4. The summed E-state index contributed by atoms with van der Waals surface area (Å²) >= 11 is 0. The van der Waals surface area contributed by atoms with Crippen LogP contribution in [-0.2, 0) is 0 Å². The van der Waals surface area contributed by atoms with Gasteiger partial charge < -0.3 is 10.0 Å². The lowest BCUT2D eigenvalue weighted by Crippen LogP contribution is -2.54. The van der Waals surface area contributed by atoms with Gasteiger partial charge in [0.05, 0.1) is 17.7 Å². The lowest BCUT2D eigenvalue weighted by molar-refractivity contribution is -0.163. The molecule has 1 fully saturated rings. The number of nitrogens with zero attached hydrogens (tertiary/aromatic N) is 3. The van der Waals surface area contributed by atoms with Gasteiger partial charge in [-0.25, -0.2) is 13.2 Å². The first-order valence-corrected chi connectivity index (χ1v) is 7.94. The van der Waals surface area contributed by atoms with Crippen LogP contribution >= 0.6 is 0 Å². The molecule has 1 saturated carbocycles. The van der Waals surface area contributed by atoms with Crippen molar-refractivity contribution in [3.8, 4) is 12.1 Å². The third-order valence-corrected chi connectivity index (χ3v) is 5.18. The van der Waals surface area contributed by atoms with Gasteiger partial charge in [-0.1, -0.05) is 6.08 Å². The van der Waals surface area contributed by atoms with E-state index in [0.29, 0.717) is 0 Å². The van der Waals surface area contributed by atoms with Crippen molar-refractivity contribution >= 4 is 0 Å². The van der Waals surface area contributed by atoms with Crippen LogP contribution in [0.15, 0.2) is 35.3 Å². The van der Waals surface area contributed by atoms with Crippen molar-refractivity contribution in [2.24, 2.45) is 5.92 Å². The molecule has 0 radical (unpaired) electrons. The van der Waals surface area contributed by atoms with E-state index in [1.807, 2.05) is 0 Å². The van der Waals surface area contributed by atoms with Crippen molar-refractivity contribution in [3.63, 3.8) is 0 Å². The zero-order valence-electron chi connectivity index (χ0n) is 13.3. The number of aliphatic hydroxyl groups excluding tert-OH is 1. The van der Waals surface area contributed by atoms with Gasteiger partial charge in [-0.3, -0.25) is 0 Å². The monoisotopic (exact) mass is 371 g/mol. The van der Waals surface area contributed by atoms with Gasteiger partial charge in [-0.15, -0.1) is 0 Å². The van der Waals surface area contributed by atoms with Gasteiger partial charge in [0.1, 0.15) is 18.0 Å². The summed E-state index contributed by atoms with van der Waals surface area (Å²) in [4.78, 5) is 1.34. The van der Waals surface area contributed by atoms with E-state index in [-0.39, 0.29) is 18.4 Å². The maximum Gasteiger partial charge on any atom is 0.355 e. The van der Waals surface area contributed by atoms with E-state index in [4.69, 9.17) is 10.5 Å². The molecule has 4 atom stereocenters. The Bertz CT molecular complexity index is 789. The van der Waals surface area contributed by atoms with Gasteiger partial charge in [0.25, 0.3) is 5.92 Å². The quantitative estimate of drug-likeness (QED) is 0.757. The van der Waals surface area contributed by atoms with E-state index in [0.717, 1.165) is 18.3 Å². The Balaban J connectivity index is 2.00. The number of fused-ring (bicyclic) bond motifs is 1. The molecule has 3 rings (SSSR count). The summed E-state index contributed by atoms with van der Waals surface area (Å²) in [6.07, 6.45) is -0.0506. The fourth-order valence-electron chi connectivity index (χ4n) is 3.87. The van der Waals surface area contributed by atoms with Crippen LogP contribution in [0.3, 0.4) is 0 Å². The molecule has 3 aliphatic rings. The van der Waals surface area contributed by atoms with Gasteiger partial charge in [-0.2, -0.15) is 19.3 Å². The van der Waals surface area contributed by atoms with Gasteiger partial charge in [0.15, 0.2) is 0 Å². The Morgan fingerprint density at radius 1 is 1.31 bits per heavy atom. The molecular weight excluding hydrogens is 357 g/mol. The standard InChI is InChI=1S/C17H14F5N3O/c18-12-2-1-10(5-9(12)6-23)25-7-11(17(21,22)8-24)14-13(25)3-4-16(19,20)15(14)26/h1-2,7,10,13-15,26H,3-5H2. The highest BCUT2D eigenvalue weighted by Gasteiger charge is 2.59. The minimum Gasteiger partial charge on any atom is -0.386 e. The minimum absolute atomic E-state index is 0.115. The molecule has 26 heavy (non-hydrogen) atoms. The Hall–Kier alpha value is -2.39. The molecule has 4 nitrogen and oxygen atoms in total. The first-order chi connectivity index (χ1) is 12.1. The van der Waals surface area contributed by atoms with Gasteiger partial charge in [-0.05, 0) is 12.5 Å². The molecule has 0 aromatic heterocycles. The summed E-state index contributed by atoms with van der Waals surface area (Å²) in [5.41, 5.74) is -1.05. The van der Waals surface area contributed by atoms with Crippen LogP contribution in [-0.4, -0.2) is 40.0 Å². The number of aliphatic hydroxyl groups is 1. The molecule has 9 heteroatoms. The second kappa shape index (κ2) is 6.10. The Morgan fingerprint density at radius 3 is 2.62 bits per heavy atom. The third-order valence-electron chi connectivity index (χ3n) is 5.18. The third kappa shape index (κ3) is 2.77. The minimum atomic E-state index is -4.02. The summed E-state index contributed by atoms with van der Waals surface area (Å²) in [5.74, 6) is -9.93. The second-order valence-electron chi connectivity index (χ2n) is 6.62. The second-order valence-corrected chi connectivity index (χ2v) is 6.62. The largest absolute Gasteiger partial charge is 0.386 e. The van der Waals surface area contributed by atoms with Crippen LogP contribution in [0.25, 0.3) is 0 Å². The summed E-state index contributed by atoms with van der Waals surface area (Å²) in [7, 11) is 0. The smallest absolute Gasteiger partial charge is 0.355 e. The molecule has 0 bridgehead atoms. The number of rotatable bonds is 2. The van der Waals surface area contributed by atoms with Crippen LogP contribution < -0.4 is 0 Å². The molecule has 0 amide bonds. The highest BCUT2D eigenvalue weighted by atomic mass is 19.3. The van der Waals surface area contributed by atoms with E-state index in [2.05, 4.69) is 0 Å². The fourth-order valence-corrected chi connectivity index (χ4v) is 3.87. The predicted molar refractivity (Wildman–Crippen MR) is 79.2 cm³/mol. The van der Waals surface area contributed by atoms with Crippen LogP contribution in [0.5, 0.6) is 0 Å². The SMILES string of the molecule is N#CC1=C(F)C=CC(N2C=C(C(F)(F)C#N)C3C2CCC(F)(F)C3O)C1. The van der Waals surface area contributed by atoms with Crippen LogP contribution in [0.4, 0.5) is 22.0 Å². The number of hydrogen-bond acceptors (Lipinski definition) is 4. The normalized spacial score (nSPS) is 33.4. The summed E-state index contributed by atoms with van der Waals surface area (Å²) in [6, 6.07) is 0.881. The van der Waals surface area contributed by atoms with Crippen LogP contribution in [0.1, 0.15) is 19.3 Å². The number of nitriles is 2. The molecular formula is C17H14F5N3O. The maximum absolute atomic E-state index is 14.0. The zero-order chi connectivity index (χ0) is 19.3. The molecule has 0 aromatic carbocycles. The highest BCUT2D eigenvalue weighted by molar-refractivity contribution is 5.39. The molecule has 1 aliphatic heterocycles. The molecule has 0 saturated heterocycles. The zero-order valence-corrected chi connectivity index (χ0v) is 13.3. The van der Waals surface area contributed by atoms with E-state index in [9.17, 15) is 27.1 Å². The van der Waals surface area contributed by atoms with Crippen molar-refractivity contribution in [2.45, 2.75) is 49.3 Å². The van der Waals surface area contributed by atoms with Crippen molar-refractivity contribution in [2.75, 3.05) is 0 Å². The van der Waals surface area contributed by atoms with E-state index < -0.39 is 53.8 Å². The Labute approximate surface area is 146 Å². The molecule has 138 valence electrons. The lowest BCUT2D eigenvalue weighted by Gasteiger charge is -2.43. The van der Waals surface area contributed by atoms with Crippen molar-refractivity contribution in [3.05, 3.63) is 35.3 Å². The Morgan fingerprint density at radius 2 is 2.00 bits per heavy atom. The average molecular weight is 371 g/mol. The topological polar surface area (TPSA) is 71.0 Å². The number of halogens is 5. The molecule has 4 unspecified atom stereocenters. The first-order valence-electron chi connectivity index (χ1n) is 7.94. The predicted octanol–water partition coefficient (Wildman–Crippen LogP) is 3.20. The van der Waals surface area contributed by atoms with E-state index >= 15 is 0 Å². The van der Waals surface area contributed by atoms with Crippen molar-refractivity contribution in [1.29, 1.82) is 10.5 Å². The summed E-state index contributed by atoms with van der Waals surface area (Å²) < 4.78 is 69.5. The molecule has 2 aliphatic carbocycles. The van der Waals surface area contributed by atoms with Gasteiger partial charge in [0.2, 0.25) is 0 Å². The fraction of sp³-hybridized carbons (Fsp3) is 0.529. The molecule has 1 heterocycles. The van der Waals surface area contributed by atoms with Crippen LogP contribution in [0, 0.1) is 28.6 Å². The summed E-state index contributed by atoms with van der Waals surface area (Å²) in [6.45, 7) is 0. The molecule has 1 N–H and O–H groups in total.